The van der Waals surface area contributed by atoms with Gasteiger partial charge in [-0.3, -0.25) is 4.79 Å². The van der Waals surface area contributed by atoms with Gasteiger partial charge in [-0.15, -0.1) is 0 Å². The van der Waals surface area contributed by atoms with Crippen LogP contribution in [0.2, 0.25) is 5.02 Å². The fraction of sp³-hybridized carbons (Fsp3) is 0.130. The fourth-order valence-electron chi connectivity index (χ4n) is 3.44. The zero-order valence-corrected chi connectivity index (χ0v) is 17.3. The number of benzene rings is 3. The van der Waals surface area contributed by atoms with Gasteiger partial charge in [-0.2, -0.15) is 0 Å². The van der Waals surface area contributed by atoms with Crippen LogP contribution in [-0.4, -0.2) is 30.5 Å². The lowest BCUT2D eigenvalue weighted by atomic mass is 9.97. The number of carbonyl (C=O) groups is 2. The van der Waals surface area contributed by atoms with Gasteiger partial charge in [0.15, 0.2) is 6.61 Å². The summed E-state index contributed by atoms with van der Waals surface area (Å²) < 4.78 is 18.9. The van der Waals surface area contributed by atoms with Crippen molar-refractivity contribution in [2.45, 2.75) is 6.04 Å². The van der Waals surface area contributed by atoms with E-state index in [1.54, 1.807) is 25.2 Å². The predicted molar refractivity (Wildman–Crippen MR) is 117 cm³/mol. The molecule has 2 N–H and O–H groups in total. The summed E-state index contributed by atoms with van der Waals surface area (Å²) in [6.45, 7) is -0.109. The van der Waals surface area contributed by atoms with Crippen LogP contribution in [-0.2, 0) is 4.79 Å². The second-order valence-corrected chi connectivity index (χ2v) is 7.48. The highest BCUT2D eigenvalue weighted by Crippen LogP contribution is 2.37. The molecule has 3 aromatic rings. The number of halogens is 2. The Morgan fingerprint density at radius 2 is 1.81 bits per heavy atom. The molecule has 1 atom stereocenters. The van der Waals surface area contributed by atoms with Crippen molar-refractivity contribution in [1.29, 1.82) is 0 Å². The molecule has 6 nitrogen and oxygen atoms in total. The zero-order chi connectivity index (χ0) is 22.0. The van der Waals surface area contributed by atoms with Gasteiger partial charge >= 0.3 is 6.03 Å². The van der Waals surface area contributed by atoms with Crippen LogP contribution in [0.5, 0.6) is 5.75 Å². The molecule has 3 amide bonds. The SMILES string of the molecule is CN(C(=O)Nc1cc2c(cc1Cl)NC(=O)CO2)[C@@H](c1ccccc1)c1ccc(F)cc1. The van der Waals surface area contributed by atoms with E-state index < -0.39 is 12.1 Å². The van der Waals surface area contributed by atoms with Crippen LogP contribution < -0.4 is 15.4 Å². The molecule has 1 heterocycles. The lowest BCUT2D eigenvalue weighted by molar-refractivity contribution is -0.118. The maximum atomic E-state index is 13.5. The number of fused-ring (bicyclic) bond motifs is 1. The van der Waals surface area contributed by atoms with Gasteiger partial charge in [0.1, 0.15) is 11.6 Å². The molecule has 0 aliphatic carbocycles. The topological polar surface area (TPSA) is 70.7 Å². The van der Waals surface area contributed by atoms with Crippen molar-refractivity contribution in [3.05, 3.63) is 88.7 Å². The van der Waals surface area contributed by atoms with E-state index in [0.29, 0.717) is 17.1 Å². The summed E-state index contributed by atoms with van der Waals surface area (Å²) in [4.78, 5) is 26.1. The Morgan fingerprint density at radius 1 is 1.13 bits per heavy atom. The van der Waals surface area contributed by atoms with E-state index in [0.717, 1.165) is 11.1 Å². The number of carbonyl (C=O) groups excluding carboxylic acids is 2. The minimum atomic E-state index is -0.450. The molecular formula is C23H19ClFN3O3. The first-order chi connectivity index (χ1) is 14.9. The van der Waals surface area contributed by atoms with Gasteiger partial charge in [-0.1, -0.05) is 54.1 Å². The number of rotatable bonds is 4. The smallest absolute Gasteiger partial charge is 0.322 e. The summed E-state index contributed by atoms with van der Waals surface area (Å²) in [6.07, 6.45) is 0. The first-order valence-electron chi connectivity index (χ1n) is 9.53. The third-order valence-electron chi connectivity index (χ3n) is 4.95. The molecule has 158 valence electrons. The highest BCUT2D eigenvalue weighted by atomic mass is 35.5. The predicted octanol–water partition coefficient (Wildman–Crippen LogP) is 5.06. The standard InChI is InChI=1S/C23H19ClFN3O3/c1-28(22(14-5-3-2-4-6-14)15-7-9-16(25)10-8-15)23(30)27-18-12-20-19(11-17(18)24)26-21(29)13-31-20/h2-12,22H,13H2,1H3,(H,26,29)(H,27,30)/t22-/m0/s1. The highest BCUT2D eigenvalue weighted by Gasteiger charge is 2.25. The normalized spacial score (nSPS) is 13.5. The summed E-state index contributed by atoms with van der Waals surface area (Å²) in [5.41, 5.74) is 2.42. The van der Waals surface area contributed by atoms with Gasteiger partial charge in [0.2, 0.25) is 0 Å². The van der Waals surface area contributed by atoms with Gasteiger partial charge < -0.3 is 20.3 Å². The Balaban J connectivity index is 1.62. The second-order valence-electron chi connectivity index (χ2n) is 7.07. The molecule has 1 aliphatic heterocycles. The van der Waals surface area contributed by atoms with E-state index in [-0.39, 0.29) is 23.4 Å². The van der Waals surface area contributed by atoms with E-state index >= 15 is 0 Å². The van der Waals surface area contributed by atoms with E-state index in [2.05, 4.69) is 10.6 Å². The lowest BCUT2D eigenvalue weighted by Crippen LogP contribution is -2.35. The third kappa shape index (κ3) is 4.46. The Bertz CT molecular complexity index is 1120. The van der Waals surface area contributed by atoms with Crippen LogP contribution in [0.3, 0.4) is 0 Å². The Hall–Kier alpha value is -3.58. The lowest BCUT2D eigenvalue weighted by Gasteiger charge is -2.29. The quantitative estimate of drug-likeness (QED) is 0.596. The molecule has 4 rings (SSSR count). The molecule has 0 spiro atoms. The number of ether oxygens (including phenoxy) is 1. The van der Waals surface area contributed by atoms with Crippen LogP contribution in [0.4, 0.5) is 20.6 Å². The van der Waals surface area contributed by atoms with Crippen LogP contribution in [0.1, 0.15) is 17.2 Å². The van der Waals surface area contributed by atoms with Crippen LogP contribution in [0.25, 0.3) is 0 Å². The molecule has 31 heavy (non-hydrogen) atoms. The molecule has 3 aromatic carbocycles. The van der Waals surface area contributed by atoms with Gasteiger partial charge in [-0.05, 0) is 29.3 Å². The van der Waals surface area contributed by atoms with Crippen molar-refractivity contribution >= 4 is 34.9 Å². The summed E-state index contributed by atoms with van der Waals surface area (Å²) in [5, 5.41) is 5.71. The zero-order valence-electron chi connectivity index (χ0n) is 16.6. The Labute approximate surface area is 183 Å². The van der Waals surface area contributed by atoms with Crippen molar-refractivity contribution in [2.75, 3.05) is 24.3 Å². The average molecular weight is 440 g/mol. The molecule has 0 aromatic heterocycles. The largest absolute Gasteiger partial charge is 0.482 e. The van der Waals surface area contributed by atoms with Gasteiger partial charge in [0.05, 0.1) is 22.4 Å². The summed E-state index contributed by atoms with van der Waals surface area (Å²) in [7, 11) is 1.65. The van der Waals surface area contributed by atoms with E-state index in [9.17, 15) is 14.0 Å². The van der Waals surface area contributed by atoms with Crippen molar-refractivity contribution in [2.24, 2.45) is 0 Å². The number of urea groups is 1. The number of nitrogens with zero attached hydrogens (tertiary/aromatic N) is 1. The summed E-state index contributed by atoms with van der Waals surface area (Å²) in [5.74, 6) is -0.208. The second kappa shape index (κ2) is 8.65. The van der Waals surface area contributed by atoms with Gasteiger partial charge in [0, 0.05) is 13.1 Å². The number of hydrogen-bond donors (Lipinski definition) is 2. The van der Waals surface area contributed by atoms with Crippen LogP contribution in [0.15, 0.2) is 66.7 Å². The summed E-state index contributed by atoms with van der Waals surface area (Å²) >= 11 is 6.31. The molecule has 8 heteroatoms. The molecule has 0 saturated carbocycles. The van der Waals surface area contributed by atoms with Crippen molar-refractivity contribution in [3.8, 4) is 5.75 Å². The number of amides is 3. The van der Waals surface area contributed by atoms with Crippen molar-refractivity contribution in [1.82, 2.24) is 4.90 Å². The van der Waals surface area contributed by atoms with Crippen LogP contribution in [0, 0.1) is 5.82 Å². The molecular weight excluding hydrogens is 421 g/mol. The van der Waals surface area contributed by atoms with Crippen LogP contribution >= 0.6 is 11.6 Å². The molecule has 0 bridgehead atoms. The first kappa shape index (κ1) is 20.7. The third-order valence-corrected chi connectivity index (χ3v) is 5.27. The molecule has 1 aliphatic rings. The monoisotopic (exact) mass is 439 g/mol. The first-order valence-corrected chi connectivity index (χ1v) is 9.90. The maximum Gasteiger partial charge on any atom is 0.322 e. The number of anilines is 2. The molecule has 0 fully saturated rings. The van der Waals surface area contributed by atoms with Crippen molar-refractivity contribution in [3.63, 3.8) is 0 Å². The fourth-order valence-corrected chi connectivity index (χ4v) is 3.65. The molecule has 0 saturated heterocycles. The summed E-state index contributed by atoms with van der Waals surface area (Å²) in [6, 6.07) is 17.7. The Morgan fingerprint density at radius 3 is 2.52 bits per heavy atom. The minimum absolute atomic E-state index is 0.109. The van der Waals surface area contributed by atoms with E-state index in [1.807, 2.05) is 30.3 Å². The van der Waals surface area contributed by atoms with E-state index in [1.165, 1.54) is 23.1 Å². The van der Waals surface area contributed by atoms with Gasteiger partial charge in [0.25, 0.3) is 5.91 Å². The molecule has 0 radical (unpaired) electrons. The molecule has 0 unspecified atom stereocenters. The Kier molecular flexibility index (Phi) is 5.77. The van der Waals surface area contributed by atoms with E-state index in [4.69, 9.17) is 16.3 Å². The highest BCUT2D eigenvalue weighted by molar-refractivity contribution is 6.34. The number of nitrogens with one attached hydrogen (secondary N) is 2. The maximum absolute atomic E-state index is 13.5. The van der Waals surface area contributed by atoms with Gasteiger partial charge in [-0.25, -0.2) is 9.18 Å². The average Bonchev–Trinajstić information content (AvgIpc) is 2.76. The van der Waals surface area contributed by atoms with Crippen molar-refractivity contribution < 1.29 is 18.7 Å². The minimum Gasteiger partial charge on any atom is -0.482 e. The number of hydrogen-bond acceptors (Lipinski definition) is 3.